The van der Waals surface area contributed by atoms with Crippen LogP contribution in [0.2, 0.25) is 0 Å². The standard InChI is InChI=1S/C22H38N6O11/c1-9(2)5-13(19(35)25-11(4)22(38)39)26-20(36)15(8-30)28-21(37)14(7-29)27-17(33)10(3)24-18(34)12(23)6-16(31)32/h9-15,29-30H,5-8,23H2,1-4H3,(H,24,34)(H,25,35)(H,26,36)(H,27,33)(H,28,37)(H,31,32)(H,38,39)/t10-,11-,12-,13-,14-,15-/m0/s1. The lowest BCUT2D eigenvalue weighted by molar-refractivity contribution is -0.142. The van der Waals surface area contributed by atoms with Crippen molar-refractivity contribution in [1.82, 2.24) is 26.6 Å². The number of aliphatic carboxylic acids is 2. The number of carbonyl (C=O) groups excluding carboxylic acids is 5. The van der Waals surface area contributed by atoms with Gasteiger partial charge in [-0.25, -0.2) is 0 Å². The van der Waals surface area contributed by atoms with Crippen LogP contribution < -0.4 is 32.3 Å². The van der Waals surface area contributed by atoms with Gasteiger partial charge in [-0.1, -0.05) is 13.8 Å². The average molecular weight is 563 g/mol. The molecule has 0 aliphatic carbocycles. The maximum atomic E-state index is 12.7. The van der Waals surface area contributed by atoms with Gasteiger partial charge in [-0.15, -0.1) is 0 Å². The van der Waals surface area contributed by atoms with E-state index in [0.29, 0.717) is 0 Å². The highest BCUT2D eigenvalue weighted by Gasteiger charge is 2.31. The number of carboxylic acids is 2. The largest absolute Gasteiger partial charge is 0.481 e. The molecule has 0 fully saturated rings. The van der Waals surface area contributed by atoms with Gasteiger partial charge in [0.05, 0.1) is 25.7 Å². The number of nitrogens with two attached hydrogens (primary N) is 1. The minimum Gasteiger partial charge on any atom is -0.481 e. The fourth-order valence-electron chi connectivity index (χ4n) is 2.97. The molecule has 17 heteroatoms. The van der Waals surface area contributed by atoms with Crippen LogP contribution in [-0.2, 0) is 33.6 Å². The van der Waals surface area contributed by atoms with Crippen LogP contribution in [0.4, 0.5) is 0 Å². The van der Waals surface area contributed by atoms with Crippen molar-refractivity contribution < 1.29 is 54.0 Å². The second-order valence-electron chi connectivity index (χ2n) is 9.18. The lowest BCUT2D eigenvalue weighted by atomic mass is 10.0. The molecular formula is C22H38N6O11. The zero-order valence-corrected chi connectivity index (χ0v) is 22.1. The molecule has 0 aliphatic rings. The quantitative estimate of drug-likeness (QED) is 0.0801. The second kappa shape index (κ2) is 16.9. The second-order valence-corrected chi connectivity index (χ2v) is 9.18. The van der Waals surface area contributed by atoms with Crippen LogP contribution in [-0.4, -0.2) is 111 Å². The molecule has 0 saturated heterocycles. The molecular weight excluding hydrogens is 524 g/mol. The average Bonchev–Trinajstić information content (AvgIpc) is 2.83. The van der Waals surface area contributed by atoms with Crippen molar-refractivity contribution in [3.63, 3.8) is 0 Å². The molecule has 0 aromatic rings. The summed E-state index contributed by atoms with van der Waals surface area (Å²) in [5, 5.41) is 47.8. The molecule has 5 amide bonds. The monoisotopic (exact) mass is 562 g/mol. The van der Waals surface area contributed by atoms with E-state index in [9.17, 15) is 43.8 Å². The van der Waals surface area contributed by atoms with Gasteiger partial charge in [0.25, 0.3) is 0 Å². The Hall–Kier alpha value is -3.83. The molecule has 0 aromatic carbocycles. The van der Waals surface area contributed by atoms with E-state index in [-0.39, 0.29) is 12.3 Å². The van der Waals surface area contributed by atoms with E-state index in [0.717, 1.165) is 0 Å². The lowest BCUT2D eigenvalue weighted by Gasteiger charge is -2.25. The van der Waals surface area contributed by atoms with Crippen LogP contribution in [0.1, 0.15) is 40.5 Å². The Bertz CT molecular complexity index is 913. The van der Waals surface area contributed by atoms with Crippen LogP contribution in [0.5, 0.6) is 0 Å². The molecule has 0 radical (unpaired) electrons. The molecule has 0 unspecified atom stereocenters. The number of aliphatic hydroxyl groups is 2. The Morgan fingerprint density at radius 1 is 0.615 bits per heavy atom. The Balaban J connectivity index is 5.27. The summed E-state index contributed by atoms with van der Waals surface area (Å²) in [7, 11) is 0. The number of hydrogen-bond acceptors (Lipinski definition) is 10. The summed E-state index contributed by atoms with van der Waals surface area (Å²) in [5.41, 5.74) is 5.42. The molecule has 0 rings (SSSR count). The Kier molecular flexibility index (Phi) is 15.2. The summed E-state index contributed by atoms with van der Waals surface area (Å²) >= 11 is 0. The van der Waals surface area contributed by atoms with E-state index in [1.165, 1.54) is 13.8 Å². The Morgan fingerprint density at radius 2 is 1.03 bits per heavy atom. The van der Waals surface area contributed by atoms with Gasteiger partial charge in [-0.3, -0.25) is 33.6 Å². The third-order valence-corrected chi connectivity index (χ3v) is 5.18. The van der Waals surface area contributed by atoms with Crippen molar-refractivity contribution in [3.8, 4) is 0 Å². The molecule has 0 spiro atoms. The minimum absolute atomic E-state index is 0.102. The molecule has 17 nitrogen and oxygen atoms in total. The highest BCUT2D eigenvalue weighted by atomic mass is 16.4. The van der Waals surface area contributed by atoms with Crippen LogP contribution in [0.25, 0.3) is 0 Å². The Labute approximate surface area is 224 Å². The fourth-order valence-corrected chi connectivity index (χ4v) is 2.97. The first-order valence-electron chi connectivity index (χ1n) is 12.0. The first-order chi connectivity index (χ1) is 18.0. The number of carboxylic acid groups (broad SMARTS) is 2. The predicted molar refractivity (Wildman–Crippen MR) is 132 cm³/mol. The van der Waals surface area contributed by atoms with Gasteiger partial charge in [0.15, 0.2) is 0 Å². The van der Waals surface area contributed by atoms with Crippen molar-refractivity contribution in [2.45, 2.75) is 76.8 Å². The first kappa shape index (κ1) is 35.2. The van der Waals surface area contributed by atoms with Crippen molar-refractivity contribution >= 4 is 41.5 Å². The molecule has 222 valence electrons. The third-order valence-electron chi connectivity index (χ3n) is 5.18. The van der Waals surface area contributed by atoms with Gasteiger partial charge < -0.3 is 52.7 Å². The zero-order chi connectivity index (χ0) is 30.4. The Morgan fingerprint density at radius 3 is 1.44 bits per heavy atom. The van der Waals surface area contributed by atoms with Gasteiger partial charge in [-0.05, 0) is 26.2 Å². The van der Waals surface area contributed by atoms with E-state index in [2.05, 4.69) is 26.6 Å². The smallest absolute Gasteiger partial charge is 0.325 e. The van der Waals surface area contributed by atoms with Crippen LogP contribution in [0.3, 0.4) is 0 Å². The lowest BCUT2D eigenvalue weighted by Crippen LogP contribution is -2.60. The molecule has 11 N–H and O–H groups in total. The molecule has 0 aromatic heterocycles. The van der Waals surface area contributed by atoms with Crippen molar-refractivity contribution in [1.29, 1.82) is 0 Å². The zero-order valence-electron chi connectivity index (χ0n) is 22.1. The molecule has 6 atom stereocenters. The number of hydrogen-bond donors (Lipinski definition) is 10. The van der Waals surface area contributed by atoms with Crippen LogP contribution in [0, 0.1) is 5.92 Å². The van der Waals surface area contributed by atoms with E-state index in [1.54, 1.807) is 13.8 Å². The summed E-state index contributed by atoms with van der Waals surface area (Å²) in [4.78, 5) is 83.7. The number of rotatable bonds is 17. The van der Waals surface area contributed by atoms with Gasteiger partial charge >= 0.3 is 11.9 Å². The molecule has 0 bridgehead atoms. The highest BCUT2D eigenvalue weighted by molar-refractivity contribution is 5.96. The topological polar surface area (TPSA) is 287 Å². The van der Waals surface area contributed by atoms with Gasteiger partial charge in [0.1, 0.15) is 30.2 Å². The third kappa shape index (κ3) is 13.0. The summed E-state index contributed by atoms with van der Waals surface area (Å²) in [6.45, 7) is 4.06. The summed E-state index contributed by atoms with van der Waals surface area (Å²) in [6, 6.07) is -8.42. The fraction of sp³-hybridized carbons (Fsp3) is 0.682. The summed E-state index contributed by atoms with van der Waals surface area (Å²) < 4.78 is 0. The maximum Gasteiger partial charge on any atom is 0.325 e. The molecule has 39 heavy (non-hydrogen) atoms. The summed E-state index contributed by atoms with van der Waals surface area (Å²) in [6.07, 6.45) is -0.588. The van der Waals surface area contributed by atoms with Crippen molar-refractivity contribution in [3.05, 3.63) is 0 Å². The van der Waals surface area contributed by atoms with Crippen LogP contribution in [0.15, 0.2) is 0 Å². The number of nitrogens with one attached hydrogen (secondary N) is 5. The van der Waals surface area contributed by atoms with E-state index < -0.39 is 97.4 Å². The SMILES string of the molecule is CC(C)C[C@H](NC(=O)[C@H](CO)NC(=O)[C@H](CO)NC(=O)[C@H](C)NC(=O)[C@@H](N)CC(=O)O)C(=O)N[C@@H](C)C(=O)O. The number of amides is 5. The highest BCUT2D eigenvalue weighted by Crippen LogP contribution is 2.06. The van der Waals surface area contributed by atoms with Gasteiger partial charge in [0, 0.05) is 0 Å². The van der Waals surface area contributed by atoms with Gasteiger partial charge in [-0.2, -0.15) is 0 Å². The number of carbonyl (C=O) groups is 7. The predicted octanol–water partition coefficient (Wildman–Crippen LogP) is -4.63. The van der Waals surface area contributed by atoms with Crippen molar-refractivity contribution in [2.75, 3.05) is 13.2 Å². The van der Waals surface area contributed by atoms with Crippen LogP contribution >= 0.6 is 0 Å². The van der Waals surface area contributed by atoms with E-state index in [1.807, 2.05) is 0 Å². The molecule has 0 heterocycles. The van der Waals surface area contributed by atoms with Crippen molar-refractivity contribution in [2.24, 2.45) is 11.7 Å². The van der Waals surface area contributed by atoms with Gasteiger partial charge in [0.2, 0.25) is 29.5 Å². The number of aliphatic hydroxyl groups excluding tert-OH is 2. The van der Waals surface area contributed by atoms with E-state index in [4.69, 9.17) is 15.9 Å². The first-order valence-corrected chi connectivity index (χ1v) is 12.0. The minimum atomic E-state index is -1.63. The molecule has 0 saturated carbocycles. The normalized spacial score (nSPS) is 15.5. The van der Waals surface area contributed by atoms with E-state index >= 15 is 0 Å². The summed E-state index contributed by atoms with van der Waals surface area (Å²) in [5.74, 6) is -7.52. The molecule has 0 aliphatic heterocycles. The maximum absolute atomic E-state index is 12.7.